The van der Waals surface area contributed by atoms with Crippen LogP contribution in [0.25, 0.3) is 43.9 Å². The summed E-state index contributed by atoms with van der Waals surface area (Å²) in [5.41, 5.74) is 9.98. The summed E-state index contributed by atoms with van der Waals surface area (Å²) in [6.45, 7) is 0. The first kappa shape index (κ1) is 21.7. The van der Waals surface area contributed by atoms with Crippen molar-refractivity contribution in [2.45, 2.75) is 31.7 Å². The molecule has 0 spiro atoms. The van der Waals surface area contributed by atoms with Crippen molar-refractivity contribution in [3.8, 4) is 22.0 Å². The molecular formula is C27H26N6OS. The molecule has 0 radical (unpaired) electrons. The number of pyridine rings is 1. The molecule has 0 saturated heterocycles. The number of thiophene rings is 1. The minimum absolute atomic E-state index is 0.0949. The van der Waals surface area contributed by atoms with Crippen molar-refractivity contribution in [1.82, 2.24) is 24.8 Å². The van der Waals surface area contributed by atoms with Crippen LogP contribution in [0, 0.1) is 5.92 Å². The van der Waals surface area contributed by atoms with Gasteiger partial charge in [0.1, 0.15) is 11.5 Å². The highest BCUT2D eigenvalue weighted by Gasteiger charge is 2.27. The van der Waals surface area contributed by atoms with Crippen LogP contribution < -0.4 is 11.1 Å². The van der Waals surface area contributed by atoms with E-state index in [1.807, 2.05) is 24.3 Å². The van der Waals surface area contributed by atoms with Gasteiger partial charge in [0.25, 0.3) is 0 Å². The van der Waals surface area contributed by atoms with Crippen molar-refractivity contribution in [3.05, 3.63) is 60.1 Å². The standard InChI is InChI=1S/C27H26N6OS/c1-29-27(34)17-6-9-19(10-7-17)33-13-12-20-24(28)31-25(32-26(20)33)18-5-4-16-8-11-21(30-22(16)15-18)23-3-2-14-35-23/h2-5,8,11-15,17,19H,6-7,9-10H2,1H3,(H,29,34)(H2,28,31,32). The van der Waals surface area contributed by atoms with Gasteiger partial charge in [0, 0.05) is 36.2 Å². The van der Waals surface area contributed by atoms with E-state index in [1.54, 1.807) is 18.4 Å². The van der Waals surface area contributed by atoms with E-state index in [4.69, 9.17) is 15.7 Å². The smallest absolute Gasteiger partial charge is 0.222 e. The Hall–Kier alpha value is -3.78. The summed E-state index contributed by atoms with van der Waals surface area (Å²) in [5, 5.41) is 6.77. The van der Waals surface area contributed by atoms with Crippen LogP contribution in [0.4, 0.5) is 5.82 Å². The summed E-state index contributed by atoms with van der Waals surface area (Å²) in [4.78, 5) is 27.7. The van der Waals surface area contributed by atoms with Gasteiger partial charge in [-0.25, -0.2) is 15.0 Å². The first-order valence-corrected chi connectivity index (χ1v) is 12.8. The van der Waals surface area contributed by atoms with E-state index < -0.39 is 0 Å². The molecule has 4 heterocycles. The summed E-state index contributed by atoms with van der Waals surface area (Å²) in [6.07, 6.45) is 5.68. The lowest BCUT2D eigenvalue weighted by Crippen LogP contribution is -2.31. The SMILES string of the molecule is CNC(=O)C1CCC(n2ccc3c(N)nc(-c4ccc5ccc(-c6cccs6)nc5c4)nc32)CC1. The number of amides is 1. The highest BCUT2D eigenvalue weighted by molar-refractivity contribution is 7.13. The first-order valence-electron chi connectivity index (χ1n) is 11.9. The largest absolute Gasteiger partial charge is 0.383 e. The fraction of sp³-hybridized carbons (Fsp3) is 0.259. The molecule has 0 aliphatic heterocycles. The number of hydrogen-bond donors (Lipinski definition) is 2. The Morgan fingerprint density at radius 1 is 1.06 bits per heavy atom. The Labute approximate surface area is 207 Å². The number of nitrogens with zero attached hydrogens (tertiary/aromatic N) is 4. The van der Waals surface area contributed by atoms with Crippen molar-refractivity contribution in [1.29, 1.82) is 0 Å². The third kappa shape index (κ3) is 3.93. The lowest BCUT2D eigenvalue weighted by Gasteiger charge is -2.28. The molecule has 0 unspecified atom stereocenters. The van der Waals surface area contributed by atoms with Crippen LogP contribution in [0.2, 0.25) is 0 Å². The summed E-state index contributed by atoms with van der Waals surface area (Å²) in [5.74, 6) is 1.31. The van der Waals surface area contributed by atoms with Crippen molar-refractivity contribution < 1.29 is 4.79 Å². The predicted octanol–water partition coefficient (Wildman–Crippen LogP) is 5.43. The van der Waals surface area contributed by atoms with Gasteiger partial charge in [0.15, 0.2) is 5.82 Å². The molecule has 3 N–H and O–H groups in total. The second-order valence-corrected chi connectivity index (χ2v) is 10.0. The molecule has 1 fully saturated rings. The maximum Gasteiger partial charge on any atom is 0.222 e. The van der Waals surface area contributed by atoms with Gasteiger partial charge in [-0.1, -0.05) is 24.3 Å². The zero-order valence-corrected chi connectivity index (χ0v) is 20.3. The molecule has 1 saturated carbocycles. The van der Waals surface area contributed by atoms with E-state index in [2.05, 4.69) is 50.7 Å². The summed E-state index contributed by atoms with van der Waals surface area (Å²) in [6, 6.07) is 16.7. The molecule has 0 atom stereocenters. The van der Waals surface area contributed by atoms with Crippen LogP contribution in [0.5, 0.6) is 0 Å². The average Bonchev–Trinajstić information content (AvgIpc) is 3.58. The summed E-state index contributed by atoms with van der Waals surface area (Å²) >= 11 is 1.68. The van der Waals surface area contributed by atoms with E-state index >= 15 is 0 Å². The van der Waals surface area contributed by atoms with Gasteiger partial charge in [-0.2, -0.15) is 0 Å². The molecule has 4 aromatic heterocycles. The average molecular weight is 483 g/mol. The second-order valence-electron chi connectivity index (χ2n) is 9.09. The number of hydrogen-bond acceptors (Lipinski definition) is 6. The highest BCUT2D eigenvalue weighted by Crippen LogP contribution is 2.36. The van der Waals surface area contributed by atoms with Crippen LogP contribution in [0.1, 0.15) is 31.7 Å². The number of nitrogens with one attached hydrogen (secondary N) is 1. The second kappa shape index (κ2) is 8.78. The Bertz CT molecular complexity index is 1530. The number of nitrogens with two attached hydrogens (primary N) is 1. The molecule has 5 aromatic rings. The van der Waals surface area contributed by atoms with Gasteiger partial charge in [-0.3, -0.25) is 4.79 Å². The number of carbonyl (C=O) groups excluding carboxylic acids is 1. The van der Waals surface area contributed by atoms with Crippen molar-refractivity contribution in [2.24, 2.45) is 5.92 Å². The van der Waals surface area contributed by atoms with Gasteiger partial charge < -0.3 is 15.6 Å². The minimum atomic E-state index is 0.0949. The molecule has 35 heavy (non-hydrogen) atoms. The Balaban J connectivity index is 1.36. The summed E-state index contributed by atoms with van der Waals surface area (Å²) in [7, 11) is 1.71. The molecule has 1 aliphatic rings. The van der Waals surface area contributed by atoms with Gasteiger partial charge in [-0.05, 0) is 55.3 Å². The van der Waals surface area contributed by atoms with Gasteiger partial charge in [0.05, 0.1) is 21.5 Å². The lowest BCUT2D eigenvalue weighted by atomic mass is 9.85. The molecule has 1 amide bonds. The lowest BCUT2D eigenvalue weighted by molar-refractivity contribution is -0.125. The molecular weight excluding hydrogens is 456 g/mol. The Morgan fingerprint density at radius 2 is 1.89 bits per heavy atom. The number of anilines is 1. The van der Waals surface area contributed by atoms with Crippen molar-refractivity contribution in [3.63, 3.8) is 0 Å². The monoisotopic (exact) mass is 482 g/mol. The Morgan fingerprint density at radius 3 is 2.66 bits per heavy atom. The highest BCUT2D eigenvalue weighted by atomic mass is 32.1. The fourth-order valence-electron chi connectivity index (χ4n) is 5.12. The van der Waals surface area contributed by atoms with Crippen molar-refractivity contribution >= 4 is 45.0 Å². The molecule has 7 nitrogen and oxygen atoms in total. The van der Waals surface area contributed by atoms with Crippen molar-refractivity contribution in [2.75, 3.05) is 12.8 Å². The molecule has 8 heteroatoms. The quantitative estimate of drug-likeness (QED) is 0.356. The number of nitrogen functional groups attached to an aromatic ring is 1. The number of fused-ring (bicyclic) bond motifs is 2. The summed E-state index contributed by atoms with van der Waals surface area (Å²) < 4.78 is 2.21. The zero-order chi connectivity index (χ0) is 23.9. The normalized spacial score (nSPS) is 18.2. The first-order chi connectivity index (χ1) is 17.1. The van der Waals surface area contributed by atoms with Gasteiger partial charge >= 0.3 is 0 Å². The van der Waals surface area contributed by atoms with Gasteiger partial charge in [-0.15, -0.1) is 11.3 Å². The number of benzene rings is 1. The Kier molecular flexibility index (Phi) is 5.45. The molecule has 1 aliphatic carbocycles. The van der Waals surface area contributed by atoms with E-state index in [1.165, 1.54) is 0 Å². The van der Waals surface area contributed by atoms with Crippen LogP contribution >= 0.6 is 11.3 Å². The maximum absolute atomic E-state index is 12.0. The predicted molar refractivity (Wildman–Crippen MR) is 141 cm³/mol. The number of aromatic nitrogens is 4. The molecule has 1 aromatic carbocycles. The molecule has 6 rings (SSSR count). The number of carbonyl (C=O) groups is 1. The van der Waals surface area contributed by atoms with Crippen LogP contribution in [0.3, 0.4) is 0 Å². The topological polar surface area (TPSA) is 98.7 Å². The van der Waals surface area contributed by atoms with Crippen LogP contribution in [-0.2, 0) is 4.79 Å². The maximum atomic E-state index is 12.0. The van der Waals surface area contributed by atoms with E-state index in [0.29, 0.717) is 17.7 Å². The fourth-order valence-corrected chi connectivity index (χ4v) is 5.81. The van der Waals surface area contributed by atoms with Gasteiger partial charge in [0.2, 0.25) is 5.91 Å². The molecule has 0 bridgehead atoms. The minimum Gasteiger partial charge on any atom is -0.383 e. The van der Waals surface area contributed by atoms with E-state index in [-0.39, 0.29) is 11.8 Å². The third-order valence-electron chi connectivity index (χ3n) is 7.03. The van der Waals surface area contributed by atoms with Crippen LogP contribution in [0.15, 0.2) is 60.1 Å². The van der Waals surface area contributed by atoms with E-state index in [0.717, 1.165) is 63.8 Å². The zero-order valence-electron chi connectivity index (χ0n) is 19.4. The number of rotatable bonds is 4. The van der Waals surface area contributed by atoms with E-state index in [9.17, 15) is 4.79 Å². The third-order valence-corrected chi connectivity index (χ3v) is 7.92. The van der Waals surface area contributed by atoms with Crippen LogP contribution in [-0.4, -0.2) is 32.5 Å². The molecule has 176 valence electrons.